The maximum atomic E-state index is 9.29. The number of benzene rings is 2. The van der Waals surface area contributed by atoms with Gasteiger partial charge in [-0.15, -0.1) is 0 Å². The molecule has 0 spiro atoms. The van der Waals surface area contributed by atoms with Gasteiger partial charge in [0.2, 0.25) is 0 Å². The van der Waals surface area contributed by atoms with E-state index in [0.717, 1.165) is 0 Å². The molecule has 10 heteroatoms. The number of ether oxygens (including phenoxy) is 2. The Kier molecular flexibility index (Phi) is 8.59. The predicted molar refractivity (Wildman–Crippen MR) is 105 cm³/mol. The molecule has 0 aliphatic heterocycles. The zero-order chi connectivity index (χ0) is 18.6. The van der Waals surface area contributed by atoms with Gasteiger partial charge in [0.1, 0.15) is 33.0 Å². The Hall–Kier alpha value is -0.240. The van der Waals surface area contributed by atoms with Gasteiger partial charge in [0.25, 0.3) is 0 Å². The van der Waals surface area contributed by atoms with E-state index in [-0.39, 0.29) is 21.5 Å². The Balaban J connectivity index is 0.000000240. The number of hydrogen-bond acceptors (Lipinski definition) is 4. The van der Waals surface area contributed by atoms with Crippen LogP contribution in [-0.2, 0) is 0 Å². The molecule has 132 valence electrons. The molecule has 0 aromatic heterocycles. The van der Waals surface area contributed by atoms with Crippen molar-refractivity contribution in [3.05, 3.63) is 41.2 Å². The normalized spacial score (nSPS) is 10.0. The third-order valence-electron chi connectivity index (χ3n) is 2.64. The largest absolute Gasteiger partial charge is 0.505 e. The minimum absolute atomic E-state index is 0.0810. The number of aromatic hydroxyl groups is 2. The van der Waals surface area contributed by atoms with E-state index >= 15 is 0 Å². The summed E-state index contributed by atoms with van der Waals surface area (Å²) in [6.07, 6.45) is 0. The van der Waals surface area contributed by atoms with Crippen LogP contribution in [0.5, 0.6) is 23.0 Å². The van der Waals surface area contributed by atoms with Crippen molar-refractivity contribution in [1.29, 1.82) is 0 Å². The number of phenols is 2. The molecule has 0 saturated carbocycles. The second-order valence-electron chi connectivity index (χ2n) is 4.07. The van der Waals surface area contributed by atoms with E-state index in [1.54, 1.807) is 0 Å². The highest BCUT2D eigenvalue weighted by Crippen LogP contribution is 2.44. The van der Waals surface area contributed by atoms with E-state index in [1.807, 2.05) is 0 Å². The molecule has 0 aliphatic carbocycles. The quantitative estimate of drug-likeness (QED) is 0.403. The maximum absolute atomic E-state index is 9.29. The minimum atomic E-state index is -0.0810. The first kappa shape index (κ1) is 21.8. The zero-order valence-corrected chi connectivity index (χ0v) is 18.3. The van der Waals surface area contributed by atoms with Gasteiger partial charge < -0.3 is 19.7 Å². The van der Waals surface area contributed by atoms with Crippen LogP contribution in [0.1, 0.15) is 0 Å². The van der Waals surface area contributed by atoms with Crippen molar-refractivity contribution in [2.24, 2.45) is 0 Å². The number of phenolic OH excluding ortho intramolecular Hbond substituents is 2. The molecule has 0 heterocycles. The summed E-state index contributed by atoms with van der Waals surface area (Å²) in [5.41, 5.74) is 0. The van der Waals surface area contributed by atoms with Crippen molar-refractivity contribution in [3.63, 3.8) is 0 Å². The van der Waals surface area contributed by atoms with Gasteiger partial charge in [-0.05, 0) is 31.9 Å². The van der Waals surface area contributed by atoms with Crippen LogP contribution in [0.15, 0.2) is 21.1 Å². The average molecular weight is 544 g/mol. The van der Waals surface area contributed by atoms with Crippen LogP contribution in [0.25, 0.3) is 0 Å². The first-order chi connectivity index (χ1) is 11.1. The molecule has 2 aromatic carbocycles. The number of rotatable bonds is 2. The monoisotopic (exact) mass is 540 g/mol. The van der Waals surface area contributed by atoms with Crippen LogP contribution in [-0.4, -0.2) is 24.4 Å². The molecule has 0 bridgehead atoms. The van der Waals surface area contributed by atoms with Crippen molar-refractivity contribution in [2.45, 2.75) is 0 Å². The van der Waals surface area contributed by atoms with E-state index in [0.29, 0.717) is 30.5 Å². The van der Waals surface area contributed by atoms with Crippen molar-refractivity contribution in [3.8, 4) is 23.0 Å². The fraction of sp³-hybridized carbons (Fsp3) is 0.143. The molecular formula is C14H10Br2Cl4O4. The predicted octanol–water partition coefficient (Wildman–Crippen LogP) is 6.94. The summed E-state index contributed by atoms with van der Waals surface area (Å²) in [4.78, 5) is 0. The summed E-state index contributed by atoms with van der Waals surface area (Å²) in [7, 11) is 2.95. The summed E-state index contributed by atoms with van der Waals surface area (Å²) < 4.78 is 10.5. The summed E-state index contributed by atoms with van der Waals surface area (Å²) in [5.74, 6) is 0.683. The zero-order valence-electron chi connectivity index (χ0n) is 12.1. The average Bonchev–Trinajstić information content (AvgIpc) is 2.58. The van der Waals surface area contributed by atoms with Gasteiger partial charge >= 0.3 is 0 Å². The smallest absolute Gasteiger partial charge is 0.150 e. The van der Waals surface area contributed by atoms with Gasteiger partial charge in [-0.25, -0.2) is 0 Å². The third-order valence-corrected chi connectivity index (χ3v) is 5.97. The molecule has 0 fully saturated rings. The summed E-state index contributed by atoms with van der Waals surface area (Å²) in [5, 5.41) is 19.6. The Morgan fingerprint density at radius 1 is 0.750 bits per heavy atom. The van der Waals surface area contributed by atoms with Crippen LogP contribution in [0.4, 0.5) is 0 Å². The second-order valence-corrected chi connectivity index (χ2v) is 7.23. The van der Waals surface area contributed by atoms with Crippen molar-refractivity contribution in [1.82, 2.24) is 0 Å². The van der Waals surface area contributed by atoms with E-state index in [1.165, 1.54) is 26.4 Å². The minimum Gasteiger partial charge on any atom is -0.505 e. The van der Waals surface area contributed by atoms with Crippen molar-refractivity contribution in [2.75, 3.05) is 14.2 Å². The maximum Gasteiger partial charge on any atom is 0.150 e. The number of methoxy groups -OCH3 is 2. The highest BCUT2D eigenvalue weighted by molar-refractivity contribution is 9.11. The first-order valence-electron chi connectivity index (χ1n) is 5.96. The molecule has 0 unspecified atom stereocenters. The van der Waals surface area contributed by atoms with Crippen LogP contribution in [0.3, 0.4) is 0 Å². The molecule has 24 heavy (non-hydrogen) atoms. The molecular weight excluding hydrogens is 534 g/mol. The Morgan fingerprint density at radius 3 is 1.29 bits per heavy atom. The van der Waals surface area contributed by atoms with Gasteiger partial charge in [0.15, 0.2) is 0 Å². The van der Waals surface area contributed by atoms with Crippen LogP contribution < -0.4 is 9.47 Å². The van der Waals surface area contributed by atoms with Crippen molar-refractivity contribution < 1.29 is 19.7 Å². The fourth-order valence-corrected chi connectivity index (χ4v) is 3.30. The molecule has 2 N–H and O–H groups in total. The van der Waals surface area contributed by atoms with Gasteiger partial charge in [-0.3, -0.25) is 0 Å². The van der Waals surface area contributed by atoms with E-state index < -0.39 is 0 Å². The molecule has 0 saturated heterocycles. The van der Waals surface area contributed by atoms with Gasteiger partial charge in [0.05, 0.1) is 33.2 Å². The molecule has 0 atom stereocenters. The number of halogens is 6. The standard InChI is InChI=1S/2C7H5BrCl2O2/c2*1-12-4-2-3(9)7(11)5(8)6(4)10/h2*2,11H,1H3. The lowest BCUT2D eigenvalue weighted by atomic mass is 10.3. The Bertz CT molecular complexity index is 693. The lowest BCUT2D eigenvalue weighted by Crippen LogP contribution is -1.85. The van der Waals surface area contributed by atoms with Crippen LogP contribution >= 0.6 is 78.3 Å². The Labute approximate surface area is 175 Å². The van der Waals surface area contributed by atoms with Crippen molar-refractivity contribution >= 4 is 78.3 Å². The fourth-order valence-electron chi connectivity index (χ4n) is 1.42. The van der Waals surface area contributed by atoms with E-state index in [9.17, 15) is 10.2 Å². The molecule has 0 amide bonds. The highest BCUT2D eigenvalue weighted by Gasteiger charge is 2.14. The van der Waals surface area contributed by atoms with Gasteiger partial charge in [0, 0.05) is 12.1 Å². The summed E-state index contributed by atoms with van der Waals surface area (Å²) in [6, 6.07) is 2.90. The topological polar surface area (TPSA) is 58.9 Å². The molecule has 2 aromatic rings. The van der Waals surface area contributed by atoms with Crippen LogP contribution in [0.2, 0.25) is 20.1 Å². The van der Waals surface area contributed by atoms with E-state index in [4.69, 9.17) is 55.9 Å². The third kappa shape index (κ3) is 4.90. The van der Waals surface area contributed by atoms with Gasteiger partial charge in [-0.2, -0.15) is 0 Å². The molecule has 0 aliphatic rings. The lowest BCUT2D eigenvalue weighted by Gasteiger charge is -2.07. The second kappa shape index (κ2) is 9.46. The molecule has 2 rings (SSSR count). The first-order valence-corrected chi connectivity index (χ1v) is 9.06. The summed E-state index contributed by atoms with van der Waals surface area (Å²) in [6.45, 7) is 0. The molecule has 0 radical (unpaired) electrons. The molecule has 4 nitrogen and oxygen atoms in total. The lowest BCUT2D eigenvalue weighted by molar-refractivity contribution is 0.412. The SMILES string of the molecule is COc1cc(Cl)c(O)c(Br)c1Cl.COc1cc(Cl)c(O)c(Br)c1Cl. The Morgan fingerprint density at radius 2 is 1.04 bits per heavy atom. The van der Waals surface area contributed by atoms with Crippen LogP contribution in [0, 0.1) is 0 Å². The van der Waals surface area contributed by atoms with Gasteiger partial charge in [-0.1, -0.05) is 46.4 Å². The van der Waals surface area contributed by atoms with E-state index in [2.05, 4.69) is 31.9 Å². The highest BCUT2D eigenvalue weighted by atomic mass is 79.9. The summed E-state index contributed by atoms with van der Waals surface area (Å²) >= 11 is 29.0. The number of hydrogen-bond donors (Lipinski definition) is 2.